The van der Waals surface area contributed by atoms with Gasteiger partial charge in [-0.05, 0) is 56.4 Å². The first-order valence-corrected chi connectivity index (χ1v) is 8.69. The molecule has 2 rings (SSSR count). The maximum atomic E-state index is 3.38. The van der Waals surface area contributed by atoms with Crippen LogP contribution in [0.2, 0.25) is 0 Å². The van der Waals surface area contributed by atoms with Crippen LogP contribution in [0.3, 0.4) is 0 Å². The number of hydrogen-bond donors (Lipinski definition) is 1. The number of likely N-dealkylation sites (N-methyl/N-ethyl adjacent to an activating group) is 1. The van der Waals surface area contributed by atoms with E-state index in [9.17, 15) is 0 Å². The number of nitrogens with zero attached hydrogens (tertiary/aromatic N) is 1. The lowest BCUT2D eigenvalue weighted by molar-refractivity contribution is 0.133. The predicted octanol–water partition coefficient (Wildman–Crippen LogP) is 3.85. The summed E-state index contributed by atoms with van der Waals surface area (Å²) in [5.74, 6) is 0.850. The van der Waals surface area contributed by atoms with E-state index in [1.54, 1.807) is 0 Å². The minimum absolute atomic E-state index is 0.771. The summed E-state index contributed by atoms with van der Waals surface area (Å²) in [5, 5.41) is 3.38. The van der Waals surface area contributed by atoms with Gasteiger partial charge in [-0.2, -0.15) is 0 Å². The molecule has 0 spiro atoms. The summed E-state index contributed by atoms with van der Waals surface area (Å²) in [6.07, 6.45) is 6.73. The molecule has 1 fully saturated rings. The van der Waals surface area contributed by atoms with Crippen LogP contribution in [0.5, 0.6) is 0 Å². The smallest absolute Gasteiger partial charge is 0.0233 e. The Hall–Kier alpha value is -0.860. The standard InChI is InChI=1S/C19H32N2/c1-4-20-14-13-17-9-11-18(12-10-17)15-21(3)19-8-6-5-7-16(19)2/h9-12,16,19-20H,4-8,13-15H2,1-3H3. The van der Waals surface area contributed by atoms with Crippen molar-refractivity contribution < 1.29 is 0 Å². The molecule has 21 heavy (non-hydrogen) atoms. The highest BCUT2D eigenvalue weighted by Crippen LogP contribution is 2.28. The lowest BCUT2D eigenvalue weighted by atomic mass is 9.85. The van der Waals surface area contributed by atoms with Crippen LogP contribution in [0.15, 0.2) is 24.3 Å². The summed E-state index contributed by atoms with van der Waals surface area (Å²) in [4.78, 5) is 2.57. The second-order valence-corrected chi connectivity index (χ2v) is 6.66. The van der Waals surface area contributed by atoms with Crippen LogP contribution >= 0.6 is 0 Å². The van der Waals surface area contributed by atoms with Crippen LogP contribution in [-0.2, 0) is 13.0 Å². The summed E-state index contributed by atoms with van der Waals surface area (Å²) in [6.45, 7) is 7.80. The van der Waals surface area contributed by atoms with E-state index in [0.717, 1.165) is 38.0 Å². The number of nitrogens with one attached hydrogen (secondary N) is 1. The summed E-state index contributed by atoms with van der Waals surface area (Å²) in [6, 6.07) is 9.98. The molecule has 0 aliphatic heterocycles. The molecular formula is C19H32N2. The molecular weight excluding hydrogens is 256 g/mol. The number of benzene rings is 1. The largest absolute Gasteiger partial charge is 0.317 e. The van der Waals surface area contributed by atoms with Crippen molar-refractivity contribution in [1.82, 2.24) is 10.2 Å². The molecule has 1 aliphatic rings. The van der Waals surface area contributed by atoms with Gasteiger partial charge in [-0.3, -0.25) is 4.90 Å². The van der Waals surface area contributed by atoms with Crippen molar-refractivity contribution in [2.45, 2.75) is 58.5 Å². The fraction of sp³-hybridized carbons (Fsp3) is 0.684. The maximum absolute atomic E-state index is 3.38. The molecule has 2 unspecified atom stereocenters. The van der Waals surface area contributed by atoms with Gasteiger partial charge >= 0.3 is 0 Å². The Morgan fingerprint density at radius 3 is 2.43 bits per heavy atom. The first-order chi connectivity index (χ1) is 10.2. The van der Waals surface area contributed by atoms with Gasteiger partial charge < -0.3 is 5.32 Å². The quantitative estimate of drug-likeness (QED) is 0.767. The van der Waals surface area contributed by atoms with Crippen LogP contribution in [0, 0.1) is 5.92 Å². The third-order valence-electron chi connectivity index (χ3n) is 4.93. The maximum Gasteiger partial charge on any atom is 0.0233 e. The van der Waals surface area contributed by atoms with Gasteiger partial charge in [-0.25, -0.2) is 0 Å². The van der Waals surface area contributed by atoms with Gasteiger partial charge in [0.1, 0.15) is 0 Å². The van der Waals surface area contributed by atoms with Crippen molar-refractivity contribution in [3.8, 4) is 0 Å². The molecule has 0 radical (unpaired) electrons. The molecule has 1 aromatic carbocycles. The fourth-order valence-electron chi connectivity index (χ4n) is 3.58. The van der Waals surface area contributed by atoms with E-state index in [-0.39, 0.29) is 0 Å². The zero-order valence-electron chi connectivity index (χ0n) is 14.1. The second kappa shape index (κ2) is 8.55. The monoisotopic (exact) mass is 288 g/mol. The van der Waals surface area contributed by atoms with Gasteiger partial charge in [0.15, 0.2) is 0 Å². The van der Waals surface area contributed by atoms with Gasteiger partial charge in [0.2, 0.25) is 0 Å². The molecule has 0 amide bonds. The Morgan fingerprint density at radius 2 is 1.76 bits per heavy atom. The fourth-order valence-corrected chi connectivity index (χ4v) is 3.58. The van der Waals surface area contributed by atoms with Crippen LogP contribution in [0.25, 0.3) is 0 Å². The summed E-state index contributed by atoms with van der Waals surface area (Å²) in [7, 11) is 2.30. The van der Waals surface area contributed by atoms with Crippen LogP contribution < -0.4 is 5.32 Å². The van der Waals surface area contributed by atoms with Crippen molar-refractivity contribution in [3.63, 3.8) is 0 Å². The van der Waals surface area contributed by atoms with Gasteiger partial charge in [0, 0.05) is 12.6 Å². The van der Waals surface area contributed by atoms with Crippen molar-refractivity contribution >= 4 is 0 Å². The Bertz CT molecular complexity index is 399. The number of rotatable bonds is 7. The predicted molar refractivity (Wildman–Crippen MR) is 91.6 cm³/mol. The Balaban J connectivity index is 1.84. The first-order valence-electron chi connectivity index (χ1n) is 8.69. The molecule has 2 heteroatoms. The highest BCUT2D eigenvalue weighted by molar-refractivity contribution is 5.22. The lowest BCUT2D eigenvalue weighted by Crippen LogP contribution is -2.38. The molecule has 118 valence electrons. The minimum atomic E-state index is 0.771. The second-order valence-electron chi connectivity index (χ2n) is 6.66. The minimum Gasteiger partial charge on any atom is -0.317 e. The van der Waals surface area contributed by atoms with E-state index in [1.165, 1.54) is 36.8 Å². The van der Waals surface area contributed by atoms with Crippen LogP contribution in [0.4, 0.5) is 0 Å². The third-order valence-corrected chi connectivity index (χ3v) is 4.93. The van der Waals surface area contributed by atoms with Gasteiger partial charge in [-0.1, -0.05) is 51.0 Å². The normalized spacial score (nSPS) is 22.7. The Labute approximate surface area is 130 Å². The van der Waals surface area contributed by atoms with E-state index in [2.05, 4.69) is 55.4 Å². The molecule has 2 atom stereocenters. The van der Waals surface area contributed by atoms with Crippen LogP contribution in [-0.4, -0.2) is 31.1 Å². The van der Waals surface area contributed by atoms with Gasteiger partial charge in [0.05, 0.1) is 0 Å². The van der Waals surface area contributed by atoms with Crippen molar-refractivity contribution in [1.29, 1.82) is 0 Å². The topological polar surface area (TPSA) is 15.3 Å². The zero-order chi connectivity index (χ0) is 15.1. The van der Waals surface area contributed by atoms with E-state index < -0.39 is 0 Å². The van der Waals surface area contributed by atoms with E-state index in [0.29, 0.717) is 0 Å². The molecule has 0 heterocycles. The summed E-state index contributed by atoms with van der Waals surface area (Å²) < 4.78 is 0. The molecule has 0 saturated heterocycles. The molecule has 0 bridgehead atoms. The van der Waals surface area contributed by atoms with E-state index >= 15 is 0 Å². The number of hydrogen-bond acceptors (Lipinski definition) is 2. The van der Waals surface area contributed by atoms with Gasteiger partial charge in [-0.15, -0.1) is 0 Å². The first kappa shape index (κ1) is 16.5. The van der Waals surface area contributed by atoms with Crippen molar-refractivity contribution in [2.75, 3.05) is 20.1 Å². The Kier molecular flexibility index (Phi) is 6.72. The molecule has 1 N–H and O–H groups in total. The van der Waals surface area contributed by atoms with Crippen molar-refractivity contribution in [2.24, 2.45) is 5.92 Å². The third kappa shape index (κ3) is 5.12. The molecule has 0 aromatic heterocycles. The van der Waals surface area contributed by atoms with E-state index in [1.807, 2.05) is 0 Å². The van der Waals surface area contributed by atoms with E-state index in [4.69, 9.17) is 0 Å². The summed E-state index contributed by atoms with van der Waals surface area (Å²) in [5.41, 5.74) is 2.89. The van der Waals surface area contributed by atoms with Crippen LogP contribution in [0.1, 0.15) is 50.7 Å². The van der Waals surface area contributed by atoms with Gasteiger partial charge in [0.25, 0.3) is 0 Å². The Morgan fingerprint density at radius 1 is 1.10 bits per heavy atom. The average Bonchev–Trinajstić information content (AvgIpc) is 2.49. The molecule has 2 nitrogen and oxygen atoms in total. The van der Waals surface area contributed by atoms with Crippen molar-refractivity contribution in [3.05, 3.63) is 35.4 Å². The molecule has 1 aliphatic carbocycles. The highest BCUT2D eigenvalue weighted by atomic mass is 15.1. The average molecular weight is 288 g/mol. The SMILES string of the molecule is CCNCCc1ccc(CN(C)C2CCCCC2C)cc1. The zero-order valence-corrected chi connectivity index (χ0v) is 14.1. The molecule has 1 saturated carbocycles. The molecule has 1 aromatic rings. The highest BCUT2D eigenvalue weighted by Gasteiger charge is 2.24. The summed E-state index contributed by atoms with van der Waals surface area (Å²) >= 11 is 0. The lowest BCUT2D eigenvalue weighted by Gasteiger charge is -2.36.